The summed E-state index contributed by atoms with van der Waals surface area (Å²) in [5.74, 6) is 0.834. The van der Waals surface area contributed by atoms with Gasteiger partial charge in [-0.05, 0) is 5.92 Å². The van der Waals surface area contributed by atoms with E-state index in [0.717, 1.165) is 18.8 Å². The smallest absolute Gasteiger partial charge is 0.0443 e. The van der Waals surface area contributed by atoms with Crippen LogP contribution >= 0.6 is 0 Å². The molecule has 0 aromatic rings. The first-order valence-electron chi connectivity index (χ1n) is 6.39. The first-order valence-corrected chi connectivity index (χ1v) is 6.39. The Morgan fingerprint density at radius 3 is 1.79 bits per heavy atom. The van der Waals surface area contributed by atoms with E-state index in [1.54, 1.807) is 0 Å². The summed E-state index contributed by atoms with van der Waals surface area (Å²) < 4.78 is 0. The molecule has 0 spiro atoms. The third-order valence-corrected chi connectivity index (χ3v) is 2.94. The third kappa shape index (κ3) is 10.1. The molecule has 0 aromatic heterocycles. The monoisotopic (exact) mass is 196 g/mol. The SMILES string of the molecule is [CH2]CCCCCCCCCC(C)C[CH2]. The minimum atomic E-state index is 0.834. The van der Waals surface area contributed by atoms with Gasteiger partial charge in [-0.3, -0.25) is 0 Å². The van der Waals surface area contributed by atoms with Crippen LogP contribution in [-0.4, -0.2) is 0 Å². The molecule has 0 heterocycles. The Morgan fingerprint density at radius 1 is 0.786 bits per heavy atom. The van der Waals surface area contributed by atoms with E-state index in [1.807, 2.05) is 0 Å². The maximum Gasteiger partial charge on any atom is -0.0443 e. The van der Waals surface area contributed by atoms with Crippen molar-refractivity contribution >= 4 is 0 Å². The topological polar surface area (TPSA) is 0 Å². The number of hydrogen-bond donors (Lipinski definition) is 0. The van der Waals surface area contributed by atoms with Gasteiger partial charge in [0, 0.05) is 0 Å². The molecule has 1 unspecified atom stereocenters. The van der Waals surface area contributed by atoms with Gasteiger partial charge in [0.1, 0.15) is 0 Å². The van der Waals surface area contributed by atoms with Gasteiger partial charge < -0.3 is 0 Å². The zero-order valence-electron chi connectivity index (χ0n) is 10.1. The van der Waals surface area contributed by atoms with Crippen LogP contribution in [0.25, 0.3) is 0 Å². The maximum atomic E-state index is 3.93. The van der Waals surface area contributed by atoms with Crippen molar-refractivity contribution in [3.8, 4) is 0 Å². The molecular weight excluding hydrogens is 168 g/mol. The molecule has 0 aliphatic carbocycles. The number of unbranched alkanes of at least 4 members (excludes halogenated alkanes) is 7. The van der Waals surface area contributed by atoms with Gasteiger partial charge in [-0.1, -0.05) is 85.0 Å². The Balaban J connectivity index is 2.92. The van der Waals surface area contributed by atoms with Gasteiger partial charge in [-0.25, -0.2) is 0 Å². The van der Waals surface area contributed by atoms with E-state index in [0.29, 0.717) is 0 Å². The minimum absolute atomic E-state index is 0.834. The van der Waals surface area contributed by atoms with Crippen LogP contribution in [-0.2, 0) is 0 Å². The van der Waals surface area contributed by atoms with Crippen LogP contribution in [0, 0.1) is 19.8 Å². The summed E-state index contributed by atoms with van der Waals surface area (Å²) in [7, 11) is 0. The molecule has 0 fully saturated rings. The van der Waals surface area contributed by atoms with Crippen molar-refractivity contribution in [2.75, 3.05) is 0 Å². The second-order valence-electron chi connectivity index (χ2n) is 4.51. The maximum absolute atomic E-state index is 3.93. The molecule has 14 heavy (non-hydrogen) atoms. The average molecular weight is 196 g/mol. The second kappa shape index (κ2) is 11.1. The fraction of sp³-hybridized carbons (Fsp3) is 0.857. The summed E-state index contributed by atoms with van der Waals surface area (Å²) in [6, 6.07) is 0. The highest BCUT2D eigenvalue weighted by molar-refractivity contribution is 4.55. The van der Waals surface area contributed by atoms with Gasteiger partial charge in [-0.2, -0.15) is 0 Å². The zero-order chi connectivity index (χ0) is 10.6. The molecule has 0 aliphatic heterocycles. The zero-order valence-corrected chi connectivity index (χ0v) is 10.1. The van der Waals surface area contributed by atoms with Crippen LogP contribution in [0.15, 0.2) is 0 Å². The van der Waals surface area contributed by atoms with Gasteiger partial charge in [0.25, 0.3) is 0 Å². The van der Waals surface area contributed by atoms with Crippen molar-refractivity contribution in [2.45, 2.75) is 71.1 Å². The van der Waals surface area contributed by atoms with E-state index in [1.165, 1.54) is 51.4 Å². The quantitative estimate of drug-likeness (QED) is 0.422. The van der Waals surface area contributed by atoms with E-state index in [2.05, 4.69) is 20.8 Å². The van der Waals surface area contributed by atoms with Crippen molar-refractivity contribution < 1.29 is 0 Å². The molecule has 1 atom stereocenters. The van der Waals surface area contributed by atoms with E-state index < -0.39 is 0 Å². The first kappa shape index (κ1) is 14.0. The summed E-state index contributed by atoms with van der Waals surface area (Å²) in [6.45, 7) is 10.1. The van der Waals surface area contributed by atoms with E-state index in [-0.39, 0.29) is 0 Å². The average Bonchev–Trinajstić information content (AvgIpc) is 2.21. The molecule has 0 rings (SSSR count). The molecule has 0 N–H and O–H groups in total. The largest absolute Gasteiger partial charge is 0.0625 e. The van der Waals surface area contributed by atoms with E-state index in [4.69, 9.17) is 0 Å². The predicted molar refractivity (Wildman–Crippen MR) is 66.0 cm³/mol. The molecule has 0 heteroatoms. The van der Waals surface area contributed by atoms with Crippen molar-refractivity contribution in [3.05, 3.63) is 13.8 Å². The fourth-order valence-corrected chi connectivity index (χ4v) is 1.70. The van der Waals surface area contributed by atoms with Crippen molar-refractivity contribution in [2.24, 2.45) is 5.92 Å². The van der Waals surface area contributed by atoms with Gasteiger partial charge in [-0.15, -0.1) is 0 Å². The summed E-state index contributed by atoms with van der Waals surface area (Å²) in [4.78, 5) is 0. The van der Waals surface area contributed by atoms with E-state index >= 15 is 0 Å². The molecule has 0 bridgehead atoms. The Kier molecular flexibility index (Phi) is 11.1. The second-order valence-corrected chi connectivity index (χ2v) is 4.51. The lowest BCUT2D eigenvalue weighted by Gasteiger charge is -2.07. The highest BCUT2D eigenvalue weighted by atomic mass is 14.0. The molecule has 0 aliphatic rings. The summed E-state index contributed by atoms with van der Waals surface area (Å²) in [6.07, 6.45) is 13.4. The van der Waals surface area contributed by atoms with Crippen LogP contribution in [0.3, 0.4) is 0 Å². The van der Waals surface area contributed by atoms with Crippen LogP contribution in [0.1, 0.15) is 71.1 Å². The van der Waals surface area contributed by atoms with Crippen molar-refractivity contribution in [1.82, 2.24) is 0 Å². The summed E-state index contributed by atoms with van der Waals surface area (Å²) in [5.41, 5.74) is 0. The fourth-order valence-electron chi connectivity index (χ4n) is 1.70. The van der Waals surface area contributed by atoms with Crippen LogP contribution in [0.5, 0.6) is 0 Å². The molecule has 0 saturated heterocycles. The molecule has 0 aromatic carbocycles. The van der Waals surface area contributed by atoms with Crippen LogP contribution < -0.4 is 0 Å². The lowest BCUT2D eigenvalue weighted by molar-refractivity contribution is 0.484. The first-order chi connectivity index (χ1) is 6.81. The lowest BCUT2D eigenvalue weighted by Crippen LogP contribution is -1.91. The number of rotatable bonds is 10. The minimum Gasteiger partial charge on any atom is -0.0625 e. The third-order valence-electron chi connectivity index (χ3n) is 2.94. The Hall–Kier alpha value is 0. The van der Waals surface area contributed by atoms with Crippen LogP contribution in [0.2, 0.25) is 0 Å². The lowest BCUT2D eigenvalue weighted by atomic mass is 10.00. The normalized spacial score (nSPS) is 13.1. The standard InChI is InChI=1S/C14H28/c1-4-6-7-8-9-10-11-12-13-14(3)5-2/h14H,1-2,4-13H2,3H3. The highest BCUT2D eigenvalue weighted by Gasteiger charge is 1.97. The summed E-state index contributed by atoms with van der Waals surface area (Å²) >= 11 is 0. The molecule has 0 saturated carbocycles. The number of hydrogen-bond acceptors (Lipinski definition) is 0. The molecule has 0 nitrogen and oxygen atoms in total. The molecule has 2 radical (unpaired) electrons. The van der Waals surface area contributed by atoms with Crippen LogP contribution in [0.4, 0.5) is 0 Å². The molecular formula is C14H28. The van der Waals surface area contributed by atoms with Gasteiger partial charge in [0.2, 0.25) is 0 Å². The highest BCUT2D eigenvalue weighted by Crippen LogP contribution is 2.14. The Morgan fingerprint density at radius 2 is 1.29 bits per heavy atom. The van der Waals surface area contributed by atoms with E-state index in [9.17, 15) is 0 Å². The Labute approximate surface area is 91.5 Å². The van der Waals surface area contributed by atoms with Gasteiger partial charge in [0.15, 0.2) is 0 Å². The predicted octanol–water partition coefficient (Wildman–Crippen LogP) is 5.19. The van der Waals surface area contributed by atoms with Gasteiger partial charge >= 0.3 is 0 Å². The van der Waals surface area contributed by atoms with Crippen molar-refractivity contribution in [3.63, 3.8) is 0 Å². The van der Waals surface area contributed by atoms with Crippen molar-refractivity contribution in [1.29, 1.82) is 0 Å². The Bertz CT molecular complexity index is 96.2. The van der Waals surface area contributed by atoms with Gasteiger partial charge in [0.05, 0.1) is 0 Å². The summed E-state index contributed by atoms with van der Waals surface area (Å²) in [5, 5.41) is 0. The molecule has 84 valence electrons. The molecule has 0 amide bonds.